The molecule has 0 spiro atoms. The molecule has 1 saturated heterocycles. The van der Waals surface area contributed by atoms with E-state index in [0.717, 1.165) is 23.9 Å². The number of alkyl halides is 1. The largest absolute Gasteiger partial charge is 0.497 e. The van der Waals surface area contributed by atoms with Gasteiger partial charge in [-0.1, -0.05) is 5.92 Å². The molecule has 0 amide bonds. The normalized spacial score (nSPS) is 19.0. The number of hydrogen-bond donors (Lipinski definition) is 1. The van der Waals surface area contributed by atoms with Gasteiger partial charge in [0.2, 0.25) is 0 Å². The number of aliphatic carboxylic acids is 1. The SMILES string of the molecule is COc1ccc2nccc([C@H](F)CC[C@@H]3CCN(CC#Cc4ccncn4)C[C@@H]3CC(=O)O)c2c1. The molecular formula is C27H29FN4O3. The zero-order chi connectivity index (χ0) is 24.6. The number of ether oxygens (including phenoxy) is 1. The Bertz CT molecular complexity index is 1210. The molecule has 182 valence electrons. The van der Waals surface area contributed by atoms with Gasteiger partial charge in [0.05, 0.1) is 19.2 Å². The van der Waals surface area contributed by atoms with Crippen LogP contribution in [-0.2, 0) is 4.79 Å². The summed E-state index contributed by atoms with van der Waals surface area (Å²) in [6.45, 7) is 2.00. The topological polar surface area (TPSA) is 88.4 Å². The molecular weight excluding hydrogens is 447 g/mol. The molecule has 4 rings (SSSR count). The van der Waals surface area contributed by atoms with Crippen LogP contribution in [0.4, 0.5) is 4.39 Å². The third-order valence-corrected chi connectivity index (χ3v) is 6.62. The molecule has 0 bridgehead atoms. The van der Waals surface area contributed by atoms with Crippen molar-refractivity contribution in [2.75, 3.05) is 26.7 Å². The summed E-state index contributed by atoms with van der Waals surface area (Å²) in [5.41, 5.74) is 1.99. The van der Waals surface area contributed by atoms with Crippen molar-refractivity contribution >= 4 is 16.9 Å². The Balaban J connectivity index is 1.39. The molecule has 1 fully saturated rings. The van der Waals surface area contributed by atoms with Crippen LogP contribution in [0.2, 0.25) is 0 Å². The number of fused-ring (bicyclic) bond motifs is 1. The maximum absolute atomic E-state index is 15.4. The number of benzene rings is 1. The number of pyridine rings is 1. The molecule has 1 aliphatic heterocycles. The third kappa shape index (κ3) is 6.52. The van der Waals surface area contributed by atoms with Gasteiger partial charge in [0.15, 0.2) is 0 Å². The molecule has 3 aromatic rings. The zero-order valence-corrected chi connectivity index (χ0v) is 19.7. The van der Waals surface area contributed by atoms with E-state index in [1.807, 2.05) is 18.2 Å². The minimum Gasteiger partial charge on any atom is -0.497 e. The first-order valence-corrected chi connectivity index (χ1v) is 11.8. The molecule has 1 aliphatic rings. The first kappa shape index (κ1) is 24.6. The van der Waals surface area contributed by atoms with Crippen LogP contribution in [0.1, 0.15) is 43.1 Å². The Morgan fingerprint density at radius 2 is 2.14 bits per heavy atom. The highest BCUT2D eigenvalue weighted by Crippen LogP contribution is 2.36. The fourth-order valence-corrected chi connectivity index (χ4v) is 4.80. The maximum atomic E-state index is 15.4. The number of carboxylic acids is 1. The third-order valence-electron chi connectivity index (χ3n) is 6.62. The fraction of sp³-hybridized carbons (Fsp3) is 0.407. The van der Waals surface area contributed by atoms with Crippen LogP contribution in [0.3, 0.4) is 0 Å². The van der Waals surface area contributed by atoms with Crippen molar-refractivity contribution in [1.29, 1.82) is 0 Å². The summed E-state index contributed by atoms with van der Waals surface area (Å²) in [6, 6.07) is 8.94. The monoisotopic (exact) mass is 476 g/mol. The highest BCUT2D eigenvalue weighted by Gasteiger charge is 2.31. The van der Waals surface area contributed by atoms with Gasteiger partial charge in [-0.05, 0) is 79.5 Å². The zero-order valence-electron chi connectivity index (χ0n) is 19.7. The van der Waals surface area contributed by atoms with Gasteiger partial charge >= 0.3 is 5.97 Å². The number of likely N-dealkylation sites (tertiary alicyclic amines) is 1. The van der Waals surface area contributed by atoms with Gasteiger partial charge in [0.1, 0.15) is 23.9 Å². The van der Waals surface area contributed by atoms with E-state index in [9.17, 15) is 9.90 Å². The lowest BCUT2D eigenvalue weighted by Gasteiger charge is -2.37. The second kappa shape index (κ2) is 11.7. The van der Waals surface area contributed by atoms with E-state index in [2.05, 4.69) is 31.7 Å². The summed E-state index contributed by atoms with van der Waals surface area (Å²) in [5, 5.41) is 10.2. The number of carboxylic acid groups (broad SMARTS) is 1. The van der Waals surface area contributed by atoms with E-state index in [0.29, 0.717) is 42.9 Å². The van der Waals surface area contributed by atoms with Crippen molar-refractivity contribution in [1.82, 2.24) is 19.9 Å². The molecule has 2 aromatic heterocycles. The van der Waals surface area contributed by atoms with Crippen LogP contribution in [0.15, 0.2) is 49.1 Å². The predicted octanol–water partition coefficient (Wildman–Crippen LogP) is 4.29. The smallest absolute Gasteiger partial charge is 0.303 e. The molecule has 35 heavy (non-hydrogen) atoms. The van der Waals surface area contributed by atoms with Gasteiger partial charge in [-0.3, -0.25) is 14.7 Å². The Labute approximate surface area is 204 Å². The maximum Gasteiger partial charge on any atom is 0.303 e. The number of carbonyl (C=O) groups is 1. The molecule has 1 N–H and O–H groups in total. The summed E-state index contributed by atoms with van der Waals surface area (Å²) in [5.74, 6) is 6.09. The summed E-state index contributed by atoms with van der Waals surface area (Å²) < 4.78 is 20.7. The van der Waals surface area contributed by atoms with Gasteiger partial charge in [-0.2, -0.15) is 0 Å². The number of nitrogens with zero attached hydrogens (tertiary/aromatic N) is 4. The van der Waals surface area contributed by atoms with E-state index in [1.165, 1.54) is 6.33 Å². The second-order valence-electron chi connectivity index (χ2n) is 8.87. The van der Waals surface area contributed by atoms with Crippen molar-refractivity contribution in [2.45, 2.75) is 31.9 Å². The molecule has 0 radical (unpaired) electrons. The van der Waals surface area contributed by atoms with Gasteiger partial charge in [-0.25, -0.2) is 14.4 Å². The lowest BCUT2D eigenvalue weighted by atomic mass is 9.79. The van der Waals surface area contributed by atoms with Crippen LogP contribution in [0.5, 0.6) is 5.75 Å². The minimum absolute atomic E-state index is 0.0384. The van der Waals surface area contributed by atoms with Crippen LogP contribution in [0, 0.1) is 23.7 Å². The Hall–Kier alpha value is -3.57. The van der Waals surface area contributed by atoms with E-state index in [-0.39, 0.29) is 18.3 Å². The van der Waals surface area contributed by atoms with Crippen LogP contribution in [-0.4, -0.2) is 57.7 Å². The summed E-state index contributed by atoms with van der Waals surface area (Å²) in [4.78, 5) is 26.0. The fourth-order valence-electron chi connectivity index (χ4n) is 4.80. The van der Waals surface area contributed by atoms with Crippen molar-refractivity contribution in [3.8, 4) is 17.6 Å². The van der Waals surface area contributed by atoms with E-state index in [1.54, 1.807) is 31.6 Å². The first-order chi connectivity index (χ1) is 17.0. The second-order valence-corrected chi connectivity index (χ2v) is 8.87. The van der Waals surface area contributed by atoms with Crippen molar-refractivity contribution in [3.63, 3.8) is 0 Å². The molecule has 8 heteroatoms. The van der Waals surface area contributed by atoms with Crippen LogP contribution >= 0.6 is 0 Å². The van der Waals surface area contributed by atoms with Crippen molar-refractivity contribution < 1.29 is 19.0 Å². The predicted molar refractivity (Wildman–Crippen MR) is 131 cm³/mol. The number of methoxy groups -OCH3 is 1. The van der Waals surface area contributed by atoms with Crippen LogP contribution < -0.4 is 4.74 Å². The Morgan fingerprint density at radius 3 is 2.91 bits per heavy atom. The average Bonchev–Trinajstić information content (AvgIpc) is 2.87. The number of aromatic nitrogens is 3. The van der Waals surface area contributed by atoms with E-state index in [4.69, 9.17) is 4.74 Å². The number of rotatable bonds is 8. The molecule has 1 aromatic carbocycles. The number of piperidine rings is 1. The lowest BCUT2D eigenvalue weighted by molar-refractivity contribution is -0.139. The molecule has 0 saturated carbocycles. The summed E-state index contributed by atoms with van der Waals surface area (Å²) >= 11 is 0. The molecule has 0 unspecified atom stereocenters. The Kier molecular flexibility index (Phi) is 8.22. The molecule has 0 aliphatic carbocycles. The first-order valence-electron chi connectivity index (χ1n) is 11.8. The van der Waals surface area contributed by atoms with Gasteiger partial charge in [0.25, 0.3) is 0 Å². The average molecular weight is 477 g/mol. The lowest BCUT2D eigenvalue weighted by Crippen LogP contribution is -2.41. The van der Waals surface area contributed by atoms with Gasteiger partial charge in [-0.15, -0.1) is 0 Å². The Morgan fingerprint density at radius 1 is 1.26 bits per heavy atom. The quantitative estimate of drug-likeness (QED) is 0.485. The molecule has 3 heterocycles. The summed E-state index contributed by atoms with van der Waals surface area (Å²) in [7, 11) is 1.58. The molecule has 7 nitrogen and oxygen atoms in total. The summed E-state index contributed by atoms with van der Waals surface area (Å²) in [6.07, 6.45) is 5.45. The van der Waals surface area contributed by atoms with Gasteiger partial charge < -0.3 is 9.84 Å². The van der Waals surface area contributed by atoms with Crippen LogP contribution in [0.25, 0.3) is 10.9 Å². The van der Waals surface area contributed by atoms with Crippen molar-refractivity contribution in [3.05, 3.63) is 60.3 Å². The highest BCUT2D eigenvalue weighted by atomic mass is 19.1. The number of halogens is 1. The molecule has 3 atom stereocenters. The minimum atomic E-state index is -1.16. The van der Waals surface area contributed by atoms with E-state index >= 15 is 4.39 Å². The van der Waals surface area contributed by atoms with Gasteiger partial charge in [0, 0.05) is 30.7 Å². The van der Waals surface area contributed by atoms with E-state index < -0.39 is 12.1 Å². The van der Waals surface area contributed by atoms with Crippen molar-refractivity contribution in [2.24, 2.45) is 11.8 Å². The highest BCUT2D eigenvalue weighted by molar-refractivity contribution is 5.83. The number of hydrogen-bond acceptors (Lipinski definition) is 6. The standard InChI is InChI=1S/C27H29FN4O3/c1-35-22-5-7-26-24(16-22)23(9-12-30-26)25(28)6-4-19-10-14-32(17-20(19)15-27(33)34)13-2-3-21-8-11-29-18-31-21/h5,7-9,11-12,16,18-20,25H,4,6,10,13-15,17H2,1H3,(H,33,34)/t19-,20+,25-/m1/s1.